The predicted octanol–water partition coefficient (Wildman–Crippen LogP) is 2.40. The molecular formula is C14H23NO2S. The maximum absolute atomic E-state index is 10.6. The van der Waals surface area contributed by atoms with E-state index in [4.69, 9.17) is 4.74 Å². The van der Waals surface area contributed by atoms with Crippen molar-refractivity contribution in [2.24, 2.45) is 5.41 Å². The van der Waals surface area contributed by atoms with Crippen molar-refractivity contribution in [3.05, 3.63) is 22.4 Å². The molecule has 0 spiro atoms. The first kappa shape index (κ1) is 14.0. The topological polar surface area (TPSA) is 41.5 Å². The van der Waals surface area contributed by atoms with Crippen molar-refractivity contribution < 1.29 is 9.84 Å². The van der Waals surface area contributed by atoms with E-state index >= 15 is 0 Å². The van der Waals surface area contributed by atoms with E-state index in [1.165, 1.54) is 5.56 Å². The van der Waals surface area contributed by atoms with Gasteiger partial charge in [0.05, 0.1) is 11.7 Å². The fourth-order valence-corrected chi connectivity index (χ4v) is 3.24. The Hall–Kier alpha value is -0.420. The van der Waals surface area contributed by atoms with Gasteiger partial charge in [-0.2, -0.15) is 11.3 Å². The molecule has 0 saturated heterocycles. The van der Waals surface area contributed by atoms with E-state index in [0.717, 1.165) is 13.0 Å². The molecule has 1 aliphatic rings. The van der Waals surface area contributed by atoms with Crippen LogP contribution in [0.4, 0.5) is 0 Å². The van der Waals surface area contributed by atoms with Crippen molar-refractivity contribution >= 4 is 11.3 Å². The summed E-state index contributed by atoms with van der Waals surface area (Å²) in [6, 6.07) is 2.11. The Morgan fingerprint density at radius 3 is 2.89 bits per heavy atom. The van der Waals surface area contributed by atoms with Crippen LogP contribution in [0.3, 0.4) is 0 Å². The van der Waals surface area contributed by atoms with Gasteiger partial charge in [-0.15, -0.1) is 0 Å². The summed E-state index contributed by atoms with van der Waals surface area (Å²) in [5.41, 5.74) is 0.454. The average Bonchev–Trinajstić information content (AvgIpc) is 2.82. The van der Waals surface area contributed by atoms with E-state index < -0.39 is 5.60 Å². The molecule has 4 heteroatoms. The summed E-state index contributed by atoms with van der Waals surface area (Å²) in [5.74, 6) is 0. The van der Waals surface area contributed by atoms with E-state index in [1.807, 2.05) is 6.92 Å². The summed E-state index contributed by atoms with van der Waals surface area (Å²) in [5, 5.41) is 18.2. The third-order valence-electron chi connectivity index (χ3n) is 4.22. The number of nitrogens with one attached hydrogen (secondary N) is 1. The molecule has 1 fully saturated rings. The molecular weight excluding hydrogens is 246 g/mol. The Labute approximate surface area is 113 Å². The van der Waals surface area contributed by atoms with Gasteiger partial charge in [-0.05, 0) is 29.3 Å². The summed E-state index contributed by atoms with van der Waals surface area (Å²) in [6.45, 7) is 8.33. The third-order valence-corrected chi connectivity index (χ3v) is 4.95. The van der Waals surface area contributed by atoms with Crippen LogP contribution in [0.25, 0.3) is 0 Å². The lowest BCUT2D eigenvalue weighted by Gasteiger charge is -2.58. The predicted molar refractivity (Wildman–Crippen MR) is 74.8 cm³/mol. The SMILES string of the molecule is CCO[C@H]1C[C@](O)(CNCc2ccsc2)C1(C)C. The van der Waals surface area contributed by atoms with Crippen molar-refractivity contribution in [1.29, 1.82) is 0 Å². The summed E-state index contributed by atoms with van der Waals surface area (Å²) >= 11 is 1.70. The first-order chi connectivity index (χ1) is 8.49. The first-order valence-electron chi connectivity index (χ1n) is 6.55. The molecule has 0 bridgehead atoms. The maximum atomic E-state index is 10.6. The van der Waals surface area contributed by atoms with Crippen LogP contribution in [0.1, 0.15) is 32.8 Å². The highest BCUT2D eigenvalue weighted by Gasteiger charge is 2.59. The van der Waals surface area contributed by atoms with Crippen molar-refractivity contribution in [3.8, 4) is 0 Å². The first-order valence-corrected chi connectivity index (χ1v) is 7.49. The van der Waals surface area contributed by atoms with Gasteiger partial charge in [0.25, 0.3) is 0 Å². The molecule has 0 aromatic carbocycles. The van der Waals surface area contributed by atoms with Crippen LogP contribution < -0.4 is 5.32 Å². The summed E-state index contributed by atoms with van der Waals surface area (Å²) in [7, 11) is 0. The highest BCUT2D eigenvalue weighted by Crippen LogP contribution is 2.50. The molecule has 1 aliphatic carbocycles. The fourth-order valence-electron chi connectivity index (χ4n) is 2.57. The second-order valence-electron chi connectivity index (χ2n) is 5.64. The quantitative estimate of drug-likeness (QED) is 0.833. The van der Waals surface area contributed by atoms with E-state index in [0.29, 0.717) is 13.2 Å². The average molecular weight is 269 g/mol. The maximum Gasteiger partial charge on any atom is 0.0871 e. The Morgan fingerprint density at radius 1 is 1.56 bits per heavy atom. The van der Waals surface area contributed by atoms with Gasteiger partial charge in [-0.3, -0.25) is 0 Å². The minimum atomic E-state index is -0.650. The largest absolute Gasteiger partial charge is 0.388 e. The lowest BCUT2D eigenvalue weighted by Crippen LogP contribution is -2.68. The molecule has 102 valence electrons. The number of hydrogen-bond donors (Lipinski definition) is 2. The lowest BCUT2D eigenvalue weighted by atomic mass is 9.56. The monoisotopic (exact) mass is 269 g/mol. The Bertz CT molecular complexity index is 377. The Morgan fingerprint density at radius 2 is 2.33 bits per heavy atom. The van der Waals surface area contributed by atoms with Gasteiger partial charge in [0, 0.05) is 31.5 Å². The van der Waals surface area contributed by atoms with Crippen LogP contribution in [0.2, 0.25) is 0 Å². The van der Waals surface area contributed by atoms with Crippen LogP contribution >= 0.6 is 11.3 Å². The van der Waals surface area contributed by atoms with Gasteiger partial charge in [0.15, 0.2) is 0 Å². The molecule has 18 heavy (non-hydrogen) atoms. The minimum Gasteiger partial charge on any atom is -0.388 e. The summed E-state index contributed by atoms with van der Waals surface area (Å²) in [4.78, 5) is 0. The van der Waals surface area contributed by atoms with E-state index in [9.17, 15) is 5.11 Å². The molecule has 0 amide bonds. The van der Waals surface area contributed by atoms with Gasteiger partial charge >= 0.3 is 0 Å². The molecule has 0 unspecified atom stereocenters. The number of hydrogen-bond acceptors (Lipinski definition) is 4. The molecule has 2 rings (SSSR count). The minimum absolute atomic E-state index is 0.176. The van der Waals surface area contributed by atoms with Crippen molar-refractivity contribution in [1.82, 2.24) is 5.32 Å². The van der Waals surface area contributed by atoms with Gasteiger partial charge in [-0.25, -0.2) is 0 Å². The van der Waals surface area contributed by atoms with Gasteiger partial charge in [-0.1, -0.05) is 13.8 Å². The standard InChI is InChI=1S/C14H23NO2S/c1-4-17-12-7-14(16,13(12,2)3)10-15-8-11-5-6-18-9-11/h5-6,9,12,15-16H,4,7-8,10H2,1-3H3/t12-,14-/m0/s1. The van der Waals surface area contributed by atoms with Crippen molar-refractivity contribution in [3.63, 3.8) is 0 Å². The van der Waals surface area contributed by atoms with Crippen LogP contribution in [0.5, 0.6) is 0 Å². The van der Waals surface area contributed by atoms with Gasteiger partial charge in [0.1, 0.15) is 0 Å². The van der Waals surface area contributed by atoms with Crippen LogP contribution in [0.15, 0.2) is 16.8 Å². The lowest BCUT2D eigenvalue weighted by molar-refractivity contribution is -0.238. The van der Waals surface area contributed by atoms with Crippen LogP contribution in [-0.4, -0.2) is 30.0 Å². The van der Waals surface area contributed by atoms with Crippen molar-refractivity contribution in [2.45, 2.75) is 45.4 Å². The zero-order chi connectivity index (χ0) is 13.2. The van der Waals surface area contributed by atoms with Crippen molar-refractivity contribution in [2.75, 3.05) is 13.2 Å². The highest BCUT2D eigenvalue weighted by molar-refractivity contribution is 7.07. The molecule has 2 N–H and O–H groups in total. The van der Waals surface area contributed by atoms with Gasteiger partial charge in [0.2, 0.25) is 0 Å². The molecule has 3 nitrogen and oxygen atoms in total. The number of thiophene rings is 1. The Kier molecular flexibility index (Phi) is 4.11. The second kappa shape index (κ2) is 5.29. The number of rotatable bonds is 6. The summed E-state index contributed by atoms with van der Waals surface area (Å²) in [6.07, 6.45) is 0.903. The Balaban J connectivity index is 1.82. The van der Waals surface area contributed by atoms with E-state index in [1.54, 1.807) is 11.3 Å². The molecule has 2 atom stereocenters. The molecule has 1 saturated carbocycles. The van der Waals surface area contributed by atoms with E-state index in [2.05, 4.69) is 36.0 Å². The highest BCUT2D eigenvalue weighted by atomic mass is 32.1. The van der Waals surface area contributed by atoms with Gasteiger partial charge < -0.3 is 15.2 Å². The molecule has 1 aromatic heterocycles. The molecule has 0 aliphatic heterocycles. The molecule has 0 radical (unpaired) electrons. The molecule has 1 heterocycles. The third kappa shape index (κ3) is 2.48. The second-order valence-corrected chi connectivity index (χ2v) is 6.42. The molecule has 1 aromatic rings. The number of aliphatic hydroxyl groups is 1. The normalized spacial score (nSPS) is 30.1. The van der Waals surface area contributed by atoms with Crippen LogP contribution in [-0.2, 0) is 11.3 Å². The van der Waals surface area contributed by atoms with Crippen LogP contribution in [0, 0.1) is 5.41 Å². The summed E-state index contributed by atoms with van der Waals surface area (Å²) < 4.78 is 5.65. The van der Waals surface area contributed by atoms with E-state index in [-0.39, 0.29) is 11.5 Å². The zero-order valence-electron chi connectivity index (χ0n) is 11.4. The fraction of sp³-hybridized carbons (Fsp3) is 0.714. The number of ether oxygens (including phenoxy) is 1. The zero-order valence-corrected chi connectivity index (χ0v) is 12.2. The smallest absolute Gasteiger partial charge is 0.0871 e.